The largest absolute Gasteiger partial charge is 0.281 e. The highest BCUT2D eigenvalue weighted by atomic mass is 32.2. The lowest BCUT2D eigenvalue weighted by molar-refractivity contribution is 0.108. The van der Waals surface area contributed by atoms with Crippen molar-refractivity contribution in [2.75, 3.05) is 0 Å². The first-order chi connectivity index (χ1) is 9.24. The molecule has 94 valence electrons. The first-order valence-electron chi connectivity index (χ1n) is 5.56. The number of thioether (sulfide) groups is 1. The molecule has 1 aromatic heterocycles. The zero-order chi connectivity index (χ0) is 13.2. The second-order valence-corrected chi connectivity index (χ2v) is 6.07. The fraction of sp³-hybridized carbons (Fsp3) is 0. The molecule has 0 bridgehead atoms. The number of para-hydroxylation sites is 1. The van der Waals surface area contributed by atoms with Gasteiger partial charge < -0.3 is 0 Å². The highest BCUT2D eigenvalue weighted by Gasteiger charge is 2.15. The minimum Gasteiger partial charge on any atom is -0.281 e. The van der Waals surface area contributed by atoms with E-state index in [4.69, 9.17) is 0 Å². The van der Waals surface area contributed by atoms with Crippen LogP contribution in [0.5, 0.6) is 0 Å². The minimum absolute atomic E-state index is 0.0896. The third-order valence-electron chi connectivity index (χ3n) is 2.55. The van der Waals surface area contributed by atoms with Crippen LogP contribution >= 0.6 is 23.1 Å². The van der Waals surface area contributed by atoms with Crippen LogP contribution in [0.3, 0.4) is 0 Å². The SMILES string of the molecule is O=C(Sc1nc2ccccc2s1)c1ccccc1F. The number of nitrogens with zero attached hydrogens (tertiary/aromatic N) is 1. The van der Waals surface area contributed by atoms with Gasteiger partial charge in [-0.2, -0.15) is 0 Å². The number of fused-ring (bicyclic) bond motifs is 1. The molecule has 0 saturated heterocycles. The van der Waals surface area contributed by atoms with E-state index in [0.717, 1.165) is 22.0 Å². The summed E-state index contributed by atoms with van der Waals surface area (Å²) in [6.07, 6.45) is 0. The lowest BCUT2D eigenvalue weighted by Gasteiger charge is -1.98. The number of hydrogen-bond acceptors (Lipinski definition) is 4. The van der Waals surface area contributed by atoms with Crippen LogP contribution in [0.4, 0.5) is 4.39 Å². The first kappa shape index (κ1) is 12.3. The Balaban J connectivity index is 1.89. The maximum absolute atomic E-state index is 13.5. The molecule has 0 aliphatic heterocycles. The Morgan fingerprint density at radius 1 is 1.11 bits per heavy atom. The van der Waals surface area contributed by atoms with Crippen molar-refractivity contribution < 1.29 is 9.18 Å². The summed E-state index contributed by atoms with van der Waals surface area (Å²) in [7, 11) is 0. The summed E-state index contributed by atoms with van der Waals surface area (Å²) < 4.78 is 15.1. The van der Waals surface area contributed by atoms with E-state index < -0.39 is 5.82 Å². The summed E-state index contributed by atoms with van der Waals surface area (Å²) in [6.45, 7) is 0. The molecule has 0 atom stereocenters. The number of benzene rings is 2. The Hall–Kier alpha value is -1.72. The van der Waals surface area contributed by atoms with Crippen molar-refractivity contribution in [3.63, 3.8) is 0 Å². The normalized spacial score (nSPS) is 10.8. The molecule has 1 heterocycles. The van der Waals surface area contributed by atoms with Crippen LogP contribution in [-0.4, -0.2) is 10.1 Å². The Labute approximate surface area is 117 Å². The van der Waals surface area contributed by atoms with Crippen LogP contribution in [0, 0.1) is 5.82 Å². The van der Waals surface area contributed by atoms with Crippen LogP contribution in [0.15, 0.2) is 52.9 Å². The maximum atomic E-state index is 13.5. The standard InChI is InChI=1S/C14H8FNOS2/c15-10-6-2-1-5-9(10)13(17)19-14-16-11-7-3-4-8-12(11)18-14/h1-8H. The number of carbonyl (C=O) groups excluding carboxylic acids is 1. The Morgan fingerprint density at radius 2 is 1.84 bits per heavy atom. The molecule has 0 aliphatic carbocycles. The monoisotopic (exact) mass is 289 g/mol. The number of hydrogen-bond donors (Lipinski definition) is 0. The molecule has 0 fully saturated rings. The average Bonchev–Trinajstić information content (AvgIpc) is 2.81. The predicted molar refractivity (Wildman–Crippen MR) is 76.2 cm³/mol. The summed E-state index contributed by atoms with van der Waals surface area (Å²) >= 11 is 2.40. The Bertz CT molecular complexity index is 721. The topological polar surface area (TPSA) is 30.0 Å². The van der Waals surface area contributed by atoms with Crippen molar-refractivity contribution in [3.8, 4) is 0 Å². The fourth-order valence-electron chi connectivity index (χ4n) is 1.66. The van der Waals surface area contributed by atoms with Gasteiger partial charge in [0.15, 0.2) is 4.34 Å². The fourth-order valence-corrected chi connectivity index (χ4v) is 3.59. The molecular formula is C14H8FNOS2. The van der Waals surface area contributed by atoms with Gasteiger partial charge in [0.05, 0.1) is 15.8 Å². The van der Waals surface area contributed by atoms with E-state index in [1.807, 2.05) is 24.3 Å². The zero-order valence-electron chi connectivity index (χ0n) is 9.67. The first-order valence-corrected chi connectivity index (χ1v) is 7.19. The van der Waals surface area contributed by atoms with E-state index in [-0.39, 0.29) is 10.7 Å². The molecule has 0 spiro atoms. The molecule has 0 amide bonds. The summed E-state index contributed by atoms with van der Waals surface area (Å²) in [6, 6.07) is 13.6. The summed E-state index contributed by atoms with van der Waals surface area (Å²) in [5.74, 6) is -0.499. The number of thiazole rings is 1. The van der Waals surface area contributed by atoms with Gasteiger partial charge in [0.25, 0.3) is 0 Å². The maximum Gasteiger partial charge on any atom is 0.229 e. The minimum atomic E-state index is -0.499. The van der Waals surface area contributed by atoms with Crippen LogP contribution < -0.4 is 0 Å². The van der Waals surface area contributed by atoms with E-state index in [0.29, 0.717) is 4.34 Å². The van der Waals surface area contributed by atoms with Crippen molar-refractivity contribution in [1.82, 2.24) is 4.98 Å². The number of carbonyl (C=O) groups is 1. The molecule has 3 rings (SSSR count). The van der Waals surface area contributed by atoms with Crippen molar-refractivity contribution >= 4 is 38.4 Å². The third-order valence-corrected chi connectivity index (χ3v) is 4.55. The van der Waals surface area contributed by atoms with Crippen molar-refractivity contribution in [3.05, 3.63) is 59.9 Å². The second-order valence-electron chi connectivity index (χ2n) is 3.82. The highest BCUT2D eigenvalue weighted by Crippen LogP contribution is 2.31. The van der Waals surface area contributed by atoms with Crippen LogP contribution in [-0.2, 0) is 0 Å². The molecule has 0 saturated carbocycles. The van der Waals surface area contributed by atoms with Crippen molar-refractivity contribution in [2.45, 2.75) is 4.34 Å². The lowest BCUT2D eigenvalue weighted by atomic mass is 10.2. The molecule has 3 aromatic rings. The zero-order valence-corrected chi connectivity index (χ0v) is 11.3. The number of rotatable bonds is 2. The Kier molecular flexibility index (Phi) is 3.31. The van der Waals surface area contributed by atoms with Gasteiger partial charge in [-0.25, -0.2) is 9.37 Å². The quantitative estimate of drug-likeness (QED) is 0.656. The van der Waals surface area contributed by atoms with E-state index in [9.17, 15) is 9.18 Å². The summed E-state index contributed by atoms with van der Waals surface area (Å²) in [5.41, 5.74) is 0.947. The smallest absolute Gasteiger partial charge is 0.229 e. The van der Waals surface area contributed by atoms with Crippen LogP contribution in [0.1, 0.15) is 10.4 Å². The van der Waals surface area contributed by atoms with Crippen molar-refractivity contribution in [2.24, 2.45) is 0 Å². The second kappa shape index (κ2) is 5.11. The molecule has 2 aromatic carbocycles. The molecular weight excluding hydrogens is 281 g/mol. The van der Waals surface area contributed by atoms with E-state index in [1.165, 1.54) is 23.5 Å². The molecule has 0 unspecified atom stereocenters. The van der Waals surface area contributed by atoms with Gasteiger partial charge in [-0.3, -0.25) is 4.79 Å². The summed E-state index contributed by atoms with van der Waals surface area (Å²) in [5, 5.41) is -0.322. The van der Waals surface area contributed by atoms with Gasteiger partial charge in [0, 0.05) is 0 Å². The molecule has 5 heteroatoms. The lowest BCUT2D eigenvalue weighted by Crippen LogP contribution is -1.96. The van der Waals surface area contributed by atoms with Gasteiger partial charge in [0.2, 0.25) is 5.12 Å². The highest BCUT2D eigenvalue weighted by molar-refractivity contribution is 8.15. The average molecular weight is 289 g/mol. The predicted octanol–water partition coefficient (Wildman–Crippen LogP) is 4.37. The van der Waals surface area contributed by atoms with E-state index in [1.54, 1.807) is 12.1 Å². The van der Waals surface area contributed by atoms with Crippen molar-refractivity contribution in [1.29, 1.82) is 0 Å². The third kappa shape index (κ3) is 2.52. The van der Waals surface area contributed by atoms with Gasteiger partial charge in [-0.1, -0.05) is 24.3 Å². The van der Waals surface area contributed by atoms with Gasteiger partial charge >= 0.3 is 0 Å². The Morgan fingerprint density at radius 3 is 2.63 bits per heavy atom. The van der Waals surface area contributed by atoms with Crippen LogP contribution in [0.25, 0.3) is 10.2 Å². The molecule has 2 nitrogen and oxygen atoms in total. The molecule has 0 radical (unpaired) electrons. The molecule has 0 N–H and O–H groups in total. The summed E-state index contributed by atoms with van der Waals surface area (Å²) in [4.78, 5) is 16.3. The van der Waals surface area contributed by atoms with Crippen LogP contribution in [0.2, 0.25) is 0 Å². The molecule has 19 heavy (non-hydrogen) atoms. The van der Waals surface area contributed by atoms with Gasteiger partial charge in [-0.05, 0) is 36.0 Å². The number of halogens is 1. The molecule has 0 aliphatic rings. The van der Waals surface area contributed by atoms with Gasteiger partial charge in [0.1, 0.15) is 5.82 Å². The van der Waals surface area contributed by atoms with E-state index in [2.05, 4.69) is 4.98 Å². The van der Waals surface area contributed by atoms with E-state index >= 15 is 0 Å². The number of aromatic nitrogens is 1. The van der Waals surface area contributed by atoms with Gasteiger partial charge in [-0.15, -0.1) is 11.3 Å².